The topological polar surface area (TPSA) is 80.5 Å². The highest BCUT2D eigenvalue weighted by molar-refractivity contribution is 14.0. The Kier molecular flexibility index (Phi) is 15.0. The van der Waals surface area contributed by atoms with E-state index in [-0.39, 0.29) is 24.0 Å². The van der Waals surface area contributed by atoms with Gasteiger partial charge in [-0.25, -0.2) is 0 Å². The van der Waals surface area contributed by atoms with Gasteiger partial charge in [0.15, 0.2) is 5.96 Å². The van der Waals surface area contributed by atoms with E-state index in [4.69, 9.17) is 23.6 Å². The number of halogens is 1. The molecule has 184 valence electrons. The van der Waals surface area contributed by atoms with E-state index in [0.29, 0.717) is 5.92 Å². The second kappa shape index (κ2) is 17.6. The minimum Gasteiger partial charge on any atom is -0.469 e. The van der Waals surface area contributed by atoms with Crippen LogP contribution in [-0.4, -0.2) is 89.8 Å². The monoisotopic (exact) mass is 564 g/mol. The number of morpholine rings is 1. The quantitative estimate of drug-likeness (QED) is 0.165. The number of rotatable bonds is 13. The lowest BCUT2D eigenvalue weighted by atomic mass is 10.0. The van der Waals surface area contributed by atoms with Gasteiger partial charge in [0.25, 0.3) is 0 Å². The van der Waals surface area contributed by atoms with E-state index >= 15 is 0 Å². The molecule has 3 rings (SSSR count). The molecule has 0 atom stereocenters. The molecule has 1 aromatic rings. The van der Waals surface area contributed by atoms with Crippen molar-refractivity contribution in [2.75, 3.05) is 78.9 Å². The average Bonchev–Trinajstić information content (AvgIpc) is 3.33. The molecule has 2 aliphatic rings. The summed E-state index contributed by atoms with van der Waals surface area (Å²) in [6.07, 6.45) is 6.83. The lowest BCUT2D eigenvalue weighted by molar-refractivity contribution is 0.0205. The van der Waals surface area contributed by atoms with Crippen LogP contribution in [0.2, 0.25) is 0 Å². The zero-order chi connectivity index (χ0) is 21.4. The van der Waals surface area contributed by atoms with Gasteiger partial charge in [-0.05, 0) is 50.3 Å². The Morgan fingerprint density at radius 2 is 1.84 bits per heavy atom. The van der Waals surface area contributed by atoms with Gasteiger partial charge in [-0.15, -0.1) is 24.0 Å². The molecule has 0 unspecified atom stereocenters. The van der Waals surface area contributed by atoms with Crippen LogP contribution in [0.25, 0.3) is 0 Å². The lowest BCUT2D eigenvalue weighted by Gasteiger charge is -2.26. The number of furan rings is 1. The SMILES string of the molecule is I.c1coc(CCNC(=NCCCOCC2CCOCC2)NCCCN2CCOCC2)c1. The first-order valence-electron chi connectivity index (χ1n) is 11.9. The van der Waals surface area contributed by atoms with Crippen LogP contribution in [0.4, 0.5) is 0 Å². The number of aliphatic imine (C=N–C) groups is 1. The van der Waals surface area contributed by atoms with E-state index in [0.717, 1.165) is 123 Å². The number of guanidine groups is 1. The predicted molar refractivity (Wildman–Crippen MR) is 137 cm³/mol. The summed E-state index contributed by atoms with van der Waals surface area (Å²) in [4.78, 5) is 7.20. The van der Waals surface area contributed by atoms with E-state index in [1.165, 1.54) is 0 Å². The first-order chi connectivity index (χ1) is 15.4. The molecule has 0 radical (unpaired) electrons. The normalized spacial score (nSPS) is 18.3. The summed E-state index contributed by atoms with van der Waals surface area (Å²) in [5, 5.41) is 6.91. The molecule has 0 amide bonds. The summed E-state index contributed by atoms with van der Waals surface area (Å²) in [6, 6.07) is 3.93. The summed E-state index contributed by atoms with van der Waals surface area (Å²) >= 11 is 0. The molecule has 2 saturated heterocycles. The van der Waals surface area contributed by atoms with Crippen LogP contribution >= 0.6 is 24.0 Å². The Bertz CT molecular complexity index is 591. The van der Waals surface area contributed by atoms with E-state index in [1.807, 2.05) is 12.1 Å². The largest absolute Gasteiger partial charge is 0.469 e. The van der Waals surface area contributed by atoms with Crippen molar-refractivity contribution in [1.82, 2.24) is 15.5 Å². The third-order valence-electron chi connectivity index (χ3n) is 5.70. The van der Waals surface area contributed by atoms with Gasteiger partial charge in [-0.2, -0.15) is 0 Å². The van der Waals surface area contributed by atoms with Gasteiger partial charge < -0.3 is 29.3 Å². The van der Waals surface area contributed by atoms with E-state index in [2.05, 4.69) is 15.5 Å². The van der Waals surface area contributed by atoms with Gasteiger partial charge in [0.2, 0.25) is 0 Å². The lowest BCUT2D eigenvalue weighted by Crippen LogP contribution is -2.41. The average molecular weight is 565 g/mol. The first kappa shape index (κ1) is 27.4. The molecule has 0 aliphatic carbocycles. The molecule has 3 heterocycles. The molecular weight excluding hydrogens is 523 g/mol. The smallest absolute Gasteiger partial charge is 0.191 e. The Morgan fingerprint density at radius 1 is 1.06 bits per heavy atom. The van der Waals surface area contributed by atoms with Crippen LogP contribution in [0.3, 0.4) is 0 Å². The van der Waals surface area contributed by atoms with Crippen LogP contribution in [0, 0.1) is 5.92 Å². The van der Waals surface area contributed by atoms with Crippen LogP contribution in [0.1, 0.15) is 31.4 Å². The number of nitrogens with one attached hydrogen (secondary N) is 2. The highest BCUT2D eigenvalue weighted by Gasteiger charge is 2.13. The fourth-order valence-electron chi connectivity index (χ4n) is 3.79. The Hall–Kier alpha value is -0.880. The molecule has 2 fully saturated rings. The van der Waals surface area contributed by atoms with Gasteiger partial charge in [0.1, 0.15) is 5.76 Å². The highest BCUT2D eigenvalue weighted by atomic mass is 127. The third-order valence-corrected chi connectivity index (χ3v) is 5.70. The minimum absolute atomic E-state index is 0. The highest BCUT2D eigenvalue weighted by Crippen LogP contribution is 2.14. The first-order valence-corrected chi connectivity index (χ1v) is 11.9. The summed E-state index contributed by atoms with van der Waals surface area (Å²) in [5.41, 5.74) is 0. The van der Waals surface area contributed by atoms with Crippen molar-refractivity contribution in [3.8, 4) is 0 Å². The second-order valence-corrected chi connectivity index (χ2v) is 8.21. The summed E-state index contributed by atoms with van der Waals surface area (Å²) < 4.78 is 22.1. The van der Waals surface area contributed by atoms with Crippen molar-refractivity contribution in [2.45, 2.75) is 32.1 Å². The maximum absolute atomic E-state index is 5.86. The molecule has 0 aromatic carbocycles. The summed E-state index contributed by atoms with van der Waals surface area (Å²) in [6.45, 7) is 10.7. The van der Waals surface area contributed by atoms with E-state index in [1.54, 1.807) is 6.26 Å². The molecular formula is C23H41IN4O4. The van der Waals surface area contributed by atoms with Crippen molar-refractivity contribution in [3.63, 3.8) is 0 Å². The molecule has 0 saturated carbocycles. The van der Waals surface area contributed by atoms with E-state index in [9.17, 15) is 0 Å². The third kappa shape index (κ3) is 11.8. The van der Waals surface area contributed by atoms with Gasteiger partial charge in [-0.1, -0.05) is 0 Å². The number of nitrogens with zero attached hydrogens (tertiary/aromatic N) is 2. The Labute approximate surface area is 209 Å². The van der Waals surface area contributed by atoms with Crippen LogP contribution in [0.15, 0.2) is 27.8 Å². The molecule has 2 aliphatic heterocycles. The molecule has 0 spiro atoms. The Balaban J connectivity index is 0.00000363. The van der Waals surface area contributed by atoms with Crippen molar-refractivity contribution < 1.29 is 18.6 Å². The van der Waals surface area contributed by atoms with Crippen LogP contribution in [-0.2, 0) is 20.6 Å². The fourth-order valence-corrected chi connectivity index (χ4v) is 3.79. The van der Waals surface area contributed by atoms with Gasteiger partial charge in [-0.3, -0.25) is 9.89 Å². The minimum atomic E-state index is 0. The summed E-state index contributed by atoms with van der Waals surface area (Å²) in [7, 11) is 0. The zero-order valence-electron chi connectivity index (χ0n) is 19.3. The summed E-state index contributed by atoms with van der Waals surface area (Å²) in [5.74, 6) is 2.52. The van der Waals surface area contributed by atoms with Gasteiger partial charge >= 0.3 is 0 Å². The Morgan fingerprint density at radius 3 is 2.62 bits per heavy atom. The molecule has 32 heavy (non-hydrogen) atoms. The van der Waals surface area contributed by atoms with E-state index < -0.39 is 0 Å². The molecule has 9 heteroatoms. The molecule has 0 bridgehead atoms. The van der Waals surface area contributed by atoms with Crippen molar-refractivity contribution >= 4 is 29.9 Å². The van der Waals surface area contributed by atoms with Gasteiger partial charge in [0.05, 0.1) is 19.5 Å². The van der Waals surface area contributed by atoms with Crippen molar-refractivity contribution in [2.24, 2.45) is 10.9 Å². The molecule has 2 N–H and O–H groups in total. The number of hydrogen-bond donors (Lipinski definition) is 2. The maximum atomic E-state index is 5.86. The molecule has 8 nitrogen and oxygen atoms in total. The molecule has 1 aromatic heterocycles. The number of ether oxygens (including phenoxy) is 3. The standard InChI is InChI=1S/C23H40N4O4.HI/c1-4-22(31-15-1)5-10-26-23(24-8-2-11-27-12-18-29-19-13-27)25-9-3-14-30-20-21-6-16-28-17-7-21;/h1,4,15,21H,2-3,5-14,16-20H2,(H2,24,25,26);1H. The maximum Gasteiger partial charge on any atom is 0.191 e. The van der Waals surface area contributed by atoms with Crippen molar-refractivity contribution in [3.05, 3.63) is 24.2 Å². The van der Waals surface area contributed by atoms with Crippen LogP contribution in [0.5, 0.6) is 0 Å². The second-order valence-electron chi connectivity index (χ2n) is 8.21. The fraction of sp³-hybridized carbons (Fsp3) is 0.783. The van der Waals surface area contributed by atoms with Crippen LogP contribution < -0.4 is 10.6 Å². The van der Waals surface area contributed by atoms with Gasteiger partial charge in [0, 0.05) is 65.6 Å². The number of hydrogen-bond acceptors (Lipinski definition) is 6. The zero-order valence-corrected chi connectivity index (χ0v) is 21.6. The van der Waals surface area contributed by atoms with Crippen molar-refractivity contribution in [1.29, 1.82) is 0 Å². The predicted octanol–water partition coefficient (Wildman–Crippen LogP) is 2.53.